The molecule has 0 atom stereocenters. The molecule has 4 heteroatoms. The van der Waals surface area contributed by atoms with Crippen molar-refractivity contribution in [3.63, 3.8) is 0 Å². The van der Waals surface area contributed by atoms with Gasteiger partial charge in [-0.25, -0.2) is 4.79 Å². The number of methoxy groups -OCH3 is 1. The summed E-state index contributed by atoms with van der Waals surface area (Å²) in [6, 6.07) is 0. The van der Waals surface area contributed by atoms with Gasteiger partial charge in [-0.3, -0.25) is 0 Å². The molecule has 0 amide bonds. The fourth-order valence-electron chi connectivity index (χ4n) is 0.490. The van der Waals surface area contributed by atoms with E-state index in [4.69, 9.17) is 4.74 Å². The van der Waals surface area contributed by atoms with Crippen LogP contribution in [0.5, 0.6) is 0 Å². The van der Waals surface area contributed by atoms with Crippen molar-refractivity contribution in [2.75, 3.05) is 20.3 Å². The van der Waals surface area contributed by atoms with Crippen molar-refractivity contribution in [2.45, 2.75) is 19.8 Å². The lowest BCUT2D eigenvalue weighted by atomic mass is 10.4. The van der Waals surface area contributed by atoms with Crippen LogP contribution in [-0.4, -0.2) is 26.3 Å². The van der Waals surface area contributed by atoms with Crippen LogP contribution in [0.4, 0.5) is 0 Å². The van der Waals surface area contributed by atoms with Crippen LogP contribution in [0, 0.1) is 0 Å². The van der Waals surface area contributed by atoms with Gasteiger partial charge in [0.1, 0.15) is 6.61 Å². The molecule has 0 rings (SSSR count). The molecule has 3 N–H and O–H groups in total. The molecule has 0 unspecified atom stereocenters. The van der Waals surface area contributed by atoms with Crippen LogP contribution in [-0.2, 0) is 14.3 Å². The fraction of sp³-hybridized carbons (Fsp3) is 0.857. The molecule has 11 heavy (non-hydrogen) atoms. The van der Waals surface area contributed by atoms with Gasteiger partial charge in [0.25, 0.3) is 0 Å². The van der Waals surface area contributed by atoms with Crippen molar-refractivity contribution in [3.05, 3.63) is 0 Å². The number of hydrogen-bond donors (Lipinski definition) is 1. The molecule has 0 aromatic heterocycles. The number of rotatable bonds is 5. The Kier molecular flexibility index (Phi) is 11.1. The summed E-state index contributed by atoms with van der Waals surface area (Å²) in [5.41, 5.74) is 0. The van der Waals surface area contributed by atoms with E-state index in [-0.39, 0.29) is 18.7 Å². The summed E-state index contributed by atoms with van der Waals surface area (Å²) >= 11 is 0. The van der Waals surface area contributed by atoms with E-state index in [9.17, 15) is 4.79 Å². The first-order chi connectivity index (χ1) is 4.81. The zero-order chi connectivity index (χ0) is 7.82. The second-order valence-corrected chi connectivity index (χ2v) is 2.01. The van der Waals surface area contributed by atoms with E-state index >= 15 is 0 Å². The standard InChI is InChI=1S/C7H14O3.H3N/c1-3-4-5-10-7(8)6-9-2;/h3-6H2,1-2H3;1H3. The average Bonchev–Trinajstić information content (AvgIpc) is 1.89. The predicted molar refractivity (Wildman–Crippen MR) is 42.8 cm³/mol. The van der Waals surface area contributed by atoms with Gasteiger partial charge in [0, 0.05) is 7.11 Å². The normalized spacial score (nSPS) is 8.55. The SMILES string of the molecule is CCCCOC(=O)COC.N. The summed E-state index contributed by atoms with van der Waals surface area (Å²) in [6.07, 6.45) is 1.97. The molecule has 0 fully saturated rings. The monoisotopic (exact) mass is 163 g/mol. The topological polar surface area (TPSA) is 70.5 Å². The van der Waals surface area contributed by atoms with E-state index < -0.39 is 0 Å². The van der Waals surface area contributed by atoms with Gasteiger partial charge in [0.2, 0.25) is 0 Å². The molecule has 0 aliphatic carbocycles. The van der Waals surface area contributed by atoms with Gasteiger partial charge < -0.3 is 15.6 Å². The largest absolute Gasteiger partial charge is 0.464 e. The lowest BCUT2D eigenvalue weighted by molar-refractivity contribution is -0.148. The highest BCUT2D eigenvalue weighted by Crippen LogP contribution is 1.88. The van der Waals surface area contributed by atoms with Crippen molar-refractivity contribution in [2.24, 2.45) is 0 Å². The lowest BCUT2D eigenvalue weighted by Gasteiger charge is -2.01. The van der Waals surface area contributed by atoms with E-state index in [0.29, 0.717) is 6.61 Å². The van der Waals surface area contributed by atoms with Gasteiger partial charge in [-0.2, -0.15) is 0 Å². The summed E-state index contributed by atoms with van der Waals surface area (Å²) in [5, 5.41) is 0. The van der Waals surface area contributed by atoms with Crippen LogP contribution in [0.2, 0.25) is 0 Å². The minimum Gasteiger partial charge on any atom is -0.464 e. The zero-order valence-corrected chi connectivity index (χ0v) is 7.26. The highest BCUT2D eigenvalue weighted by atomic mass is 16.6. The molecule has 0 saturated carbocycles. The van der Waals surface area contributed by atoms with Crippen LogP contribution in [0.25, 0.3) is 0 Å². The Morgan fingerprint density at radius 3 is 2.55 bits per heavy atom. The average molecular weight is 163 g/mol. The Hall–Kier alpha value is -0.610. The van der Waals surface area contributed by atoms with Crippen molar-refractivity contribution in [1.82, 2.24) is 6.15 Å². The predicted octanol–water partition coefficient (Wildman–Crippen LogP) is 1.14. The molecule has 0 aliphatic heterocycles. The Morgan fingerprint density at radius 1 is 1.45 bits per heavy atom. The van der Waals surface area contributed by atoms with E-state index in [0.717, 1.165) is 12.8 Å². The van der Waals surface area contributed by atoms with Crippen molar-refractivity contribution < 1.29 is 14.3 Å². The minimum absolute atomic E-state index is 0. The van der Waals surface area contributed by atoms with Crippen LogP contribution < -0.4 is 6.15 Å². The molecule has 0 aromatic carbocycles. The van der Waals surface area contributed by atoms with Gasteiger partial charge in [0.05, 0.1) is 6.61 Å². The first kappa shape index (κ1) is 13.0. The van der Waals surface area contributed by atoms with Crippen LogP contribution in [0.15, 0.2) is 0 Å². The Balaban J connectivity index is 0. The molecule has 0 bridgehead atoms. The summed E-state index contributed by atoms with van der Waals surface area (Å²) in [5.74, 6) is -0.282. The number of ether oxygens (including phenoxy) is 2. The lowest BCUT2D eigenvalue weighted by Crippen LogP contribution is -2.11. The van der Waals surface area contributed by atoms with Crippen LogP contribution in [0.1, 0.15) is 19.8 Å². The Labute approximate surface area is 67.5 Å². The molecule has 68 valence electrons. The summed E-state index contributed by atoms with van der Waals surface area (Å²) < 4.78 is 9.32. The van der Waals surface area contributed by atoms with Crippen LogP contribution in [0.3, 0.4) is 0 Å². The molecule has 0 spiro atoms. The van der Waals surface area contributed by atoms with Gasteiger partial charge in [-0.05, 0) is 6.42 Å². The molecule has 4 nitrogen and oxygen atoms in total. The summed E-state index contributed by atoms with van der Waals surface area (Å²) in [6.45, 7) is 2.62. The molecular formula is C7H17NO3. The molecule has 0 radical (unpaired) electrons. The number of carbonyl (C=O) groups is 1. The maximum absolute atomic E-state index is 10.6. The minimum atomic E-state index is -0.282. The van der Waals surface area contributed by atoms with Crippen LogP contribution >= 0.6 is 0 Å². The second kappa shape index (κ2) is 9.39. The third-order valence-corrected chi connectivity index (χ3v) is 1.02. The quantitative estimate of drug-likeness (QED) is 0.487. The smallest absolute Gasteiger partial charge is 0.332 e. The highest BCUT2D eigenvalue weighted by Gasteiger charge is 1.98. The van der Waals surface area contributed by atoms with Gasteiger partial charge in [0.15, 0.2) is 0 Å². The number of unbranched alkanes of at least 4 members (excludes halogenated alkanes) is 1. The summed E-state index contributed by atoms with van der Waals surface area (Å²) in [7, 11) is 1.47. The maximum Gasteiger partial charge on any atom is 0.332 e. The number of hydrogen-bond acceptors (Lipinski definition) is 4. The van der Waals surface area contributed by atoms with Gasteiger partial charge in [-0.15, -0.1) is 0 Å². The molecular weight excluding hydrogens is 146 g/mol. The first-order valence-electron chi connectivity index (χ1n) is 3.45. The Morgan fingerprint density at radius 2 is 2.09 bits per heavy atom. The van der Waals surface area contributed by atoms with E-state index in [1.165, 1.54) is 7.11 Å². The van der Waals surface area contributed by atoms with Crippen molar-refractivity contribution in [1.29, 1.82) is 0 Å². The number of esters is 1. The molecule has 0 aliphatic rings. The zero-order valence-electron chi connectivity index (χ0n) is 7.26. The first-order valence-corrected chi connectivity index (χ1v) is 3.45. The van der Waals surface area contributed by atoms with Crippen molar-refractivity contribution in [3.8, 4) is 0 Å². The number of carbonyl (C=O) groups excluding carboxylic acids is 1. The van der Waals surface area contributed by atoms with E-state index in [2.05, 4.69) is 4.74 Å². The third kappa shape index (κ3) is 9.39. The third-order valence-electron chi connectivity index (χ3n) is 1.02. The second-order valence-electron chi connectivity index (χ2n) is 2.01. The van der Waals surface area contributed by atoms with E-state index in [1.54, 1.807) is 0 Å². The van der Waals surface area contributed by atoms with Crippen molar-refractivity contribution >= 4 is 5.97 Å². The van der Waals surface area contributed by atoms with Gasteiger partial charge in [-0.1, -0.05) is 13.3 Å². The Bertz CT molecular complexity index is 95.7. The van der Waals surface area contributed by atoms with Gasteiger partial charge >= 0.3 is 5.97 Å². The highest BCUT2D eigenvalue weighted by molar-refractivity contribution is 5.70. The van der Waals surface area contributed by atoms with E-state index in [1.807, 2.05) is 6.92 Å². The fourth-order valence-corrected chi connectivity index (χ4v) is 0.490. The molecule has 0 saturated heterocycles. The molecule has 0 heterocycles. The molecule has 0 aromatic rings. The maximum atomic E-state index is 10.6. The summed E-state index contributed by atoms with van der Waals surface area (Å²) in [4.78, 5) is 10.6.